The van der Waals surface area contributed by atoms with Crippen LogP contribution in [-0.2, 0) is 0 Å². The second-order valence-corrected chi connectivity index (χ2v) is 1.78. The Morgan fingerprint density at radius 1 is 1.50 bits per heavy atom. The van der Waals surface area contributed by atoms with Crippen molar-refractivity contribution in [1.82, 2.24) is 0 Å². The highest BCUT2D eigenvalue weighted by Crippen LogP contribution is 1.94. The van der Waals surface area contributed by atoms with Crippen molar-refractivity contribution >= 4 is 12.4 Å². The quantitative estimate of drug-likeness (QED) is 0.580. The third-order valence-electron chi connectivity index (χ3n) is 0.992. The zero-order valence-corrected chi connectivity index (χ0v) is 5.90. The van der Waals surface area contributed by atoms with Crippen molar-refractivity contribution in [3.05, 3.63) is 0 Å². The van der Waals surface area contributed by atoms with Crippen molar-refractivity contribution in [3.8, 4) is 6.07 Å². The lowest BCUT2D eigenvalue weighted by atomic mass is 10.1. The normalized spacial score (nSPS) is 15.2. The number of nitrogens with two attached hydrogens (primary N) is 1. The topological polar surface area (TPSA) is 49.8 Å². The van der Waals surface area contributed by atoms with Gasteiger partial charge in [-0.25, -0.2) is 0 Å². The summed E-state index contributed by atoms with van der Waals surface area (Å²) in [4.78, 5) is 0. The molecule has 0 aromatic rings. The fourth-order valence-corrected chi connectivity index (χ4v) is 0.118. The van der Waals surface area contributed by atoms with Gasteiger partial charge in [-0.05, 0) is 13.8 Å². The van der Waals surface area contributed by atoms with E-state index >= 15 is 0 Å². The van der Waals surface area contributed by atoms with E-state index in [4.69, 9.17) is 11.0 Å². The average molecular weight is 135 g/mol. The second-order valence-electron chi connectivity index (χ2n) is 1.78. The average Bonchev–Trinajstić information content (AvgIpc) is 1.65. The molecule has 0 aromatic carbocycles. The Balaban J connectivity index is 0. The Bertz CT molecular complexity index is 84.9. The SMILES string of the molecule is CC(N)C(C)C#N.Cl. The van der Waals surface area contributed by atoms with Crippen molar-refractivity contribution in [2.45, 2.75) is 19.9 Å². The van der Waals surface area contributed by atoms with E-state index in [0.29, 0.717) is 0 Å². The van der Waals surface area contributed by atoms with Gasteiger partial charge >= 0.3 is 0 Å². The van der Waals surface area contributed by atoms with Gasteiger partial charge in [0.15, 0.2) is 0 Å². The predicted octanol–water partition coefficient (Wildman–Crippen LogP) is 0.915. The van der Waals surface area contributed by atoms with Crippen LogP contribution in [0.15, 0.2) is 0 Å². The fraction of sp³-hybridized carbons (Fsp3) is 0.800. The van der Waals surface area contributed by atoms with E-state index in [1.165, 1.54) is 0 Å². The van der Waals surface area contributed by atoms with Gasteiger partial charge in [-0.3, -0.25) is 0 Å². The lowest BCUT2D eigenvalue weighted by molar-refractivity contribution is 0.593. The summed E-state index contributed by atoms with van der Waals surface area (Å²) in [5, 5.41) is 8.18. The molecular formula is C5H11ClN2. The molecule has 0 bridgehead atoms. The van der Waals surface area contributed by atoms with Crippen molar-refractivity contribution in [2.75, 3.05) is 0 Å². The summed E-state index contributed by atoms with van der Waals surface area (Å²) in [6.07, 6.45) is 0. The third-order valence-corrected chi connectivity index (χ3v) is 0.992. The van der Waals surface area contributed by atoms with Crippen LogP contribution in [0.4, 0.5) is 0 Å². The van der Waals surface area contributed by atoms with E-state index in [1.807, 2.05) is 19.9 Å². The first-order valence-electron chi connectivity index (χ1n) is 2.33. The molecule has 48 valence electrons. The highest BCUT2D eigenvalue weighted by atomic mass is 35.5. The van der Waals surface area contributed by atoms with E-state index < -0.39 is 0 Å². The first-order valence-corrected chi connectivity index (χ1v) is 2.33. The van der Waals surface area contributed by atoms with Gasteiger partial charge in [0, 0.05) is 6.04 Å². The molecule has 0 saturated carbocycles. The summed E-state index contributed by atoms with van der Waals surface area (Å²) in [5.74, 6) is -0.0139. The number of halogens is 1. The number of hydrogen-bond acceptors (Lipinski definition) is 2. The van der Waals surface area contributed by atoms with E-state index in [9.17, 15) is 0 Å². The van der Waals surface area contributed by atoms with Crippen LogP contribution in [0.2, 0.25) is 0 Å². The van der Waals surface area contributed by atoms with Gasteiger partial charge in [-0.15, -0.1) is 12.4 Å². The van der Waals surface area contributed by atoms with Crippen LogP contribution in [0.1, 0.15) is 13.8 Å². The zero-order valence-electron chi connectivity index (χ0n) is 5.09. The largest absolute Gasteiger partial charge is 0.327 e. The van der Waals surface area contributed by atoms with Crippen molar-refractivity contribution in [3.63, 3.8) is 0 Å². The van der Waals surface area contributed by atoms with Gasteiger partial charge in [0.05, 0.1) is 12.0 Å². The van der Waals surface area contributed by atoms with Crippen LogP contribution in [0.3, 0.4) is 0 Å². The molecule has 0 spiro atoms. The van der Waals surface area contributed by atoms with E-state index in [2.05, 4.69) is 0 Å². The minimum Gasteiger partial charge on any atom is -0.327 e. The summed E-state index contributed by atoms with van der Waals surface area (Å²) < 4.78 is 0. The first-order chi connectivity index (χ1) is 3.18. The first kappa shape index (κ1) is 10.7. The Morgan fingerprint density at radius 2 is 1.88 bits per heavy atom. The van der Waals surface area contributed by atoms with Crippen LogP contribution in [-0.4, -0.2) is 6.04 Å². The molecule has 0 rings (SSSR count). The zero-order chi connectivity index (χ0) is 5.86. The molecule has 2 atom stereocenters. The lowest BCUT2D eigenvalue weighted by Gasteiger charge is -2.02. The molecule has 3 heteroatoms. The molecule has 0 heterocycles. The minimum atomic E-state index is -0.0139. The molecule has 0 amide bonds. The van der Waals surface area contributed by atoms with Gasteiger partial charge < -0.3 is 5.73 Å². The maximum atomic E-state index is 8.18. The van der Waals surface area contributed by atoms with Crippen LogP contribution in [0.5, 0.6) is 0 Å². The van der Waals surface area contributed by atoms with Gasteiger partial charge in [-0.2, -0.15) is 5.26 Å². The molecule has 2 nitrogen and oxygen atoms in total. The van der Waals surface area contributed by atoms with Crippen LogP contribution in [0, 0.1) is 17.2 Å². The molecular weight excluding hydrogens is 124 g/mol. The molecule has 0 radical (unpaired) electrons. The molecule has 0 saturated heterocycles. The monoisotopic (exact) mass is 134 g/mol. The molecule has 2 N–H and O–H groups in total. The molecule has 0 aliphatic carbocycles. The summed E-state index contributed by atoms with van der Waals surface area (Å²) in [7, 11) is 0. The van der Waals surface area contributed by atoms with Crippen molar-refractivity contribution in [1.29, 1.82) is 5.26 Å². The van der Waals surface area contributed by atoms with Crippen LogP contribution < -0.4 is 5.73 Å². The Kier molecular flexibility index (Phi) is 6.52. The Labute approximate surface area is 56.1 Å². The summed E-state index contributed by atoms with van der Waals surface area (Å²) in [6.45, 7) is 3.64. The molecule has 0 aromatic heterocycles. The van der Waals surface area contributed by atoms with Crippen LogP contribution >= 0.6 is 12.4 Å². The maximum absolute atomic E-state index is 8.18. The minimum absolute atomic E-state index is 0. The molecule has 2 unspecified atom stereocenters. The van der Waals surface area contributed by atoms with Gasteiger partial charge in [-0.1, -0.05) is 0 Å². The summed E-state index contributed by atoms with van der Waals surface area (Å²) in [6, 6.07) is 2.04. The highest BCUT2D eigenvalue weighted by molar-refractivity contribution is 5.85. The predicted molar refractivity (Wildman–Crippen MR) is 35.7 cm³/mol. The molecule has 0 aliphatic rings. The van der Waals surface area contributed by atoms with Crippen molar-refractivity contribution < 1.29 is 0 Å². The Hall–Kier alpha value is -0.260. The van der Waals surface area contributed by atoms with E-state index in [-0.39, 0.29) is 24.4 Å². The standard InChI is InChI=1S/C5H10N2.ClH/c1-4(3-6)5(2)7;/h4-5H,7H2,1-2H3;1H. The smallest absolute Gasteiger partial charge is 0.0669 e. The second kappa shape index (κ2) is 4.89. The molecule has 0 aliphatic heterocycles. The highest BCUT2D eigenvalue weighted by Gasteiger charge is 2.02. The number of rotatable bonds is 1. The summed E-state index contributed by atoms with van der Waals surface area (Å²) in [5.41, 5.74) is 5.32. The van der Waals surface area contributed by atoms with Crippen LogP contribution in [0.25, 0.3) is 0 Å². The van der Waals surface area contributed by atoms with E-state index in [0.717, 1.165) is 0 Å². The maximum Gasteiger partial charge on any atom is 0.0669 e. The van der Waals surface area contributed by atoms with Gasteiger partial charge in [0.1, 0.15) is 0 Å². The fourth-order valence-electron chi connectivity index (χ4n) is 0.118. The molecule has 0 fully saturated rings. The summed E-state index contributed by atoms with van der Waals surface area (Å²) >= 11 is 0. The van der Waals surface area contributed by atoms with Gasteiger partial charge in [0.2, 0.25) is 0 Å². The lowest BCUT2D eigenvalue weighted by Crippen LogP contribution is -2.22. The number of nitrogens with zero attached hydrogens (tertiary/aromatic N) is 1. The Morgan fingerprint density at radius 3 is 1.88 bits per heavy atom. The van der Waals surface area contributed by atoms with Crippen molar-refractivity contribution in [2.24, 2.45) is 11.7 Å². The third kappa shape index (κ3) is 3.91. The molecule has 8 heavy (non-hydrogen) atoms. The van der Waals surface area contributed by atoms with Gasteiger partial charge in [0.25, 0.3) is 0 Å². The number of hydrogen-bond donors (Lipinski definition) is 1. The number of nitriles is 1. The van der Waals surface area contributed by atoms with E-state index in [1.54, 1.807) is 0 Å².